The summed E-state index contributed by atoms with van der Waals surface area (Å²) in [7, 11) is 0. The maximum atomic E-state index is 10.8. The van der Waals surface area contributed by atoms with Gasteiger partial charge in [0.15, 0.2) is 5.82 Å². The lowest BCUT2D eigenvalue weighted by molar-refractivity contribution is -0.136. The number of hydrogen-bond donors (Lipinski definition) is 1. The number of aromatic nitrogens is 2. The van der Waals surface area contributed by atoms with Crippen LogP contribution in [0, 0.1) is 19.8 Å². The minimum Gasteiger partial charge on any atom is -0.481 e. The van der Waals surface area contributed by atoms with Gasteiger partial charge in [0.25, 0.3) is 0 Å². The van der Waals surface area contributed by atoms with Crippen LogP contribution in [0.1, 0.15) is 49.7 Å². The molecule has 0 fully saturated rings. The molecule has 1 aromatic heterocycles. The summed E-state index contributed by atoms with van der Waals surface area (Å²) >= 11 is 0. The fourth-order valence-corrected chi connectivity index (χ4v) is 2.04. The molecule has 0 aromatic carbocycles. The Bertz CT molecular complexity index is 435. The summed E-state index contributed by atoms with van der Waals surface area (Å²) in [4.78, 5) is 19.7. The summed E-state index contributed by atoms with van der Waals surface area (Å²) < 4.78 is 5.68. The highest BCUT2D eigenvalue weighted by Crippen LogP contribution is 2.24. The summed E-state index contributed by atoms with van der Waals surface area (Å²) in [6, 6.07) is 0. The van der Waals surface area contributed by atoms with Gasteiger partial charge in [0, 0.05) is 23.6 Å². The molecule has 1 heterocycles. The Morgan fingerprint density at radius 2 is 1.79 bits per heavy atom. The van der Waals surface area contributed by atoms with E-state index in [1.54, 1.807) is 0 Å². The lowest BCUT2D eigenvalue weighted by atomic mass is 10.0. The smallest absolute Gasteiger partial charge is 0.307 e. The van der Waals surface area contributed by atoms with Crippen molar-refractivity contribution < 1.29 is 14.6 Å². The molecule has 0 amide bonds. The largest absolute Gasteiger partial charge is 0.481 e. The number of ether oxygens (including phenoxy) is 1. The number of carbonyl (C=O) groups is 1. The number of aryl methyl sites for hydroxylation is 2. The predicted octanol–water partition coefficient (Wildman–Crippen LogP) is 2.45. The molecule has 1 N–H and O–H groups in total. The molecular formula is C14H22N2O3. The third-order valence-electron chi connectivity index (χ3n) is 2.97. The van der Waals surface area contributed by atoms with Gasteiger partial charge in [-0.15, -0.1) is 0 Å². The highest BCUT2D eigenvalue weighted by molar-refractivity contribution is 5.70. The van der Waals surface area contributed by atoms with Gasteiger partial charge in [0.2, 0.25) is 0 Å². The molecule has 1 unspecified atom stereocenters. The number of rotatable bonds is 6. The van der Waals surface area contributed by atoms with Gasteiger partial charge in [-0.25, -0.2) is 9.97 Å². The first kappa shape index (κ1) is 15.6. The van der Waals surface area contributed by atoms with Crippen LogP contribution in [0.2, 0.25) is 0 Å². The highest BCUT2D eigenvalue weighted by atomic mass is 16.5. The number of carboxylic acid groups (broad SMARTS) is 1. The Hall–Kier alpha value is -1.49. The van der Waals surface area contributed by atoms with E-state index in [9.17, 15) is 4.79 Å². The first-order valence-corrected chi connectivity index (χ1v) is 6.54. The van der Waals surface area contributed by atoms with Crippen LogP contribution in [0.3, 0.4) is 0 Å². The maximum Gasteiger partial charge on any atom is 0.307 e. The predicted molar refractivity (Wildman–Crippen MR) is 72.1 cm³/mol. The van der Waals surface area contributed by atoms with Gasteiger partial charge in [0.1, 0.15) is 6.10 Å². The van der Waals surface area contributed by atoms with Crippen LogP contribution in [-0.2, 0) is 16.0 Å². The van der Waals surface area contributed by atoms with Crippen molar-refractivity contribution in [3.8, 4) is 0 Å². The summed E-state index contributed by atoms with van der Waals surface area (Å²) in [6.07, 6.45) is -0.194. The van der Waals surface area contributed by atoms with Gasteiger partial charge < -0.3 is 9.84 Å². The summed E-state index contributed by atoms with van der Waals surface area (Å²) in [5, 5.41) is 8.89. The van der Waals surface area contributed by atoms with Crippen molar-refractivity contribution >= 4 is 5.97 Å². The molecule has 0 saturated heterocycles. The zero-order chi connectivity index (χ0) is 14.6. The Kier molecular flexibility index (Phi) is 5.42. The molecule has 19 heavy (non-hydrogen) atoms. The van der Waals surface area contributed by atoms with E-state index in [0.717, 1.165) is 11.4 Å². The normalized spacial score (nSPS) is 12.7. The van der Waals surface area contributed by atoms with E-state index in [0.29, 0.717) is 18.0 Å². The van der Waals surface area contributed by atoms with Crippen LogP contribution in [0.25, 0.3) is 0 Å². The second kappa shape index (κ2) is 6.61. The Balaban J connectivity index is 3.14. The lowest BCUT2D eigenvalue weighted by Gasteiger charge is -2.21. The van der Waals surface area contributed by atoms with E-state index in [-0.39, 0.29) is 18.4 Å². The third kappa shape index (κ3) is 3.99. The maximum absolute atomic E-state index is 10.8. The highest BCUT2D eigenvalue weighted by Gasteiger charge is 2.21. The van der Waals surface area contributed by atoms with Crippen LogP contribution in [0.5, 0.6) is 0 Å². The average Bonchev–Trinajstić information content (AvgIpc) is 2.29. The lowest BCUT2D eigenvalue weighted by Crippen LogP contribution is -2.18. The van der Waals surface area contributed by atoms with Crippen molar-refractivity contribution in [3.63, 3.8) is 0 Å². The van der Waals surface area contributed by atoms with E-state index in [1.165, 1.54) is 0 Å². The fraction of sp³-hybridized carbons (Fsp3) is 0.643. The van der Waals surface area contributed by atoms with E-state index < -0.39 is 5.97 Å². The third-order valence-corrected chi connectivity index (χ3v) is 2.97. The van der Waals surface area contributed by atoms with Crippen LogP contribution < -0.4 is 0 Å². The molecule has 0 aliphatic rings. The minimum atomic E-state index is -0.868. The monoisotopic (exact) mass is 266 g/mol. The molecule has 106 valence electrons. The number of nitrogens with zero attached hydrogens (tertiary/aromatic N) is 2. The van der Waals surface area contributed by atoms with Crippen molar-refractivity contribution in [3.05, 3.63) is 22.8 Å². The fourth-order valence-electron chi connectivity index (χ4n) is 2.04. The molecule has 0 aliphatic heterocycles. The molecule has 0 radical (unpaired) electrons. The molecule has 1 atom stereocenters. The van der Waals surface area contributed by atoms with Crippen molar-refractivity contribution in [2.75, 3.05) is 6.61 Å². The average molecular weight is 266 g/mol. The molecule has 0 aliphatic carbocycles. The van der Waals surface area contributed by atoms with E-state index in [4.69, 9.17) is 9.84 Å². The summed E-state index contributed by atoms with van der Waals surface area (Å²) in [5.74, 6) is 0.0397. The summed E-state index contributed by atoms with van der Waals surface area (Å²) in [5.41, 5.74) is 2.13. The second-order valence-corrected chi connectivity index (χ2v) is 4.92. The van der Waals surface area contributed by atoms with Crippen LogP contribution >= 0.6 is 0 Å². The first-order valence-electron chi connectivity index (χ1n) is 6.54. The van der Waals surface area contributed by atoms with Gasteiger partial charge in [-0.1, -0.05) is 13.8 Å². The Morgan fingerprint density at radius 3 is 2.16 bits per heavy atom. The van der Waals surface area contributed by atoms with Crippen LogP contribution in [0.4, 0.5) is 0 Å². The number of hydrogen-bond acceptors (Lipinski definition) is 4. The minimum absolute atomic E-state index is 0.0427. The van der Waals surface area contributed by atoms with Gasteiger partial charge >= 0.3 is 5.97 Å². The van der Waals surface area contributed by atoms with E-state index in [1.807, 2.05) is 20.8 Å². The van der Waals surface area contributed by atoms with Crippen LogP contribution in [-0.4, -0.2) is 27.7 Å². The Morgan fingerprint density at radius 1 is 1.26 bits per heavy atom. The molecule has 0 bridgehead atoms. The van der Waals surface area contributed by atoms with Crippen molar-refractivity contribution in [1.82, 2.24) is 9.97 Å². The molecular weight excluding hydrogens is 244 g/mol. The zero-order valence-corrected chi connectivity index (χ0v) is 12.2. The van der Waals surface area contributed by atoms with Gasteiger partial charge in [-0.2, -0.15) is 0 Å². The Labute approximate surface area is 114 Å². The van der Waals surface area contributed by atoms with Crippen molar-refractivity contribution in [2.24, 2.45) is 5.92 Å². The standard InChI is InChI=1S/C14H22N2O3/c1-6-19-13(8(2)3)14-15-9(4)11(7-12(17)18)10(5)16-14/h8,13H,6-7H2,1-5H3,(H,17,18). The van der Waals surface area contributed by atoms with Gasteiger partial charge in [-0.05, 0) is 26.7 Å². The topological polar surface area (TPSA) is 72.3 Å². The molecule has 1 rings (SSSR count). The molecule has 0 saturated carbocycles. The van der Waals surface area contributed by atoms with Crippen molar-refractivity contribution in [2.45, 2.75) is 47.1 Å². The second-order valence-electron chi connectivity index (χ2n) is 4.92. The van der Waals surface area contributed by atoms with Crippen molar-refractivity contribution in [1.29, 1.82) is 0 Å². The first-order chi connectivity index (χ1) is 8.86. The van der Waals surface area contributed by atoms with Crippen LogP contribution in [0.15, 0.2) is 0 Å². The quantitative estimate of drug-likeness (QED) is 0.856. The zero-order valence-electron chi connectivity index (χ0n) is 12.2. The molecule has 1 aromatic rings. The van der Waals surface area contributed by atoms with Gasteiger partial charge in [0.05, 0.1) is 6.42 Å². The summed E-state index contributed by atoms with van der Waals surface area (Å²) in [6.45, 7) is 10.3. The van der Waals surface area contributed by atoms with Gasteiger partial charge in [-0.3, -0.25) is 4.79 Å². The molecule has 0 spiro atoms. The number of aliphatic carboxylic acids is 1. The molecule has 5 heteroatoms. The SMILES string of the molecule is CCOC(c1nc(C)c(CC(=O)O)c(C)n1)C(C)C. The van der Waals surface area contributed by atoms with E-state index in [2.05, 4.69) is 23.8 Å². The number of carboxylic acids is 1. The van der Waals surface area contributed by atoms with E-state index >= 15 is 0 Å². The molecule has 5 nitrogen and oxygen atoms in total.